The summed E-state index contributed by atoms with van der Waals surface area (Å²) in [7, 11) is 0. The van der Waals surface area contributed by atoms with Crippen molar-refractivity contribution >= 4 is 5.91 Å². The van der Waals surface area contributed by atoms with Gasteiger partial charge in [-0.15, -0.1) is 0 Å². The Balaban J connectivity index is 2.71. The molecule has 1 atom stereocenters. The summed E-state index contributed by atoms with van der Waals surface area (Å²) < 4.78 is 12.4. The average molecular weight is 183 g/mol. The van der Waals surface area contributed by atoms with Gasteiger partial charge in [-0.05, 0) is 6.92 Å². The van der Waals surface area contributed by atoms with Crippen molar-refractivity contribution in [3.05, 3.63) is 24.0 Å². The third-order valence-corrected chi connectivity index (χ3v) is 1.45. The molecule has 0 aliphatic carbocycles. The number of rotatable bonds is 2. The van der Waals surface area contributed by atoms with Gasteiger partial charge in [0.1, 0.15) is 5.82 Å². The Bertz CT molecular complexity index is 299. The topological polar surface area (TPSA) is 54.9 Å². The SMILES string of the molecule is CC(=O)NC(C)c1ncc(F)cn1. The normalized spacial score (nSPS) is 12.2. The smallest absolute Gasteiger partial charge is 0.217 e. The van der Waals surface area contributed by atoms with Crippen molar-refractivity contribution < 1.29 is 9.18 Å². The van der Waals surface area contributed by atoms with Gasteiger partial charge in [0, 0.05) is 6.92 Å². The molecule has 13 heavy (non-hydrogen) atoms. The fourth-order valence-corrected chi connectivity index (χ4v) is 0.915. The van der Waals surface area contributed by atoms with Crippen LogP contribution in [0.5, 0.6) is 0 Å². The fourth-order valence-electron chi connectivity index (χ4n) is 0.915. The van der Waals surface area contributed by atoms with Gasteiger partial charge < -0.3 is 5.32 Å². The minimum Gasteiger partial charge on any atom is -0.347 e. The molecule has 0 fully saturated rings. The number of halogens is 1. The van der Waals surface area contributed by atoms with E-state index in [9.17, 15) is 9.18 Å². The lowest BCUT2D eigenvalue weighted by Crippen LogP contribution is -2.25. The van der Waals surface area contributed by atoms with Crippen molar-refractivity contribution in [2.24, 2.45) is 0 Å². The largest absolute Gasteiger partial charge is 0.347 e. The first-order valence-electron chi connectivity index (χ1n) is 3.84. The van der Waals surface area contributed by atoms with Crippen LogP contribution in [0.4, 0.5) is 4.39 Å². The van der Waals surface area contributed by atoms with Crippen LogP contribution >= 0.6 is 0 Å². The number of amides is 1. The second kappa shape index (κ2) is 3.93. The molecule has 4 nitrogen and oxygen atoms in total. The standard InChI is InChI=1S/C8H10FN3O/c1-5(12-6(2)13)8-10-3-7(9)4-11-8/h3-5H,1-2H3,(H,12,13). The Labute approximate surface area is 75.2 Å². The van der Waals surface area contributed by atoms with Crippen molar-refractivity contribution in [2.75, 3.05) is 0 Å². The van der Waals surface area contributed by atoms with Gasteiger partial charge in [0.15, 0.2) is 5.82 Å². The summed E-state index contributed by atoms with van der Waals surface area (Å²) >= 11 is 0. The molecule has 1 rings (SSSR count). The van der Waals surface area contributed by atoms with E-state index in [4.69, 9.17) is 0 Å². The summed E-state index contributed by atoms with van der Waals surface area (Å²) in [6, 6.07) is -0.293. The van der Waals surface area contributed by atoms with E-state index in [0.717, 1.165) is 12.4 Å². The Kier molecular flexibility index (Phi) is 2.89. The molecule has 70 valence electrons. The maximum Gasteiger partial charge on any atom is 0.217 e. The molecule has 1 N–H and O–H groups in total. The fraction of sp³-hybridized carbons (Fsp3) is 0.375. The molecule has 5 heteroatoms. The van der Waals surface area contributed by atoms with E-state index >= 15 is 0 Å². The molecule has 1 aromatic heterocycles. The van der Waals surface area contributed by atoms with Gasteiger partial charge in [-0.2, -0.15) is 0 Å². The van der Waals surface area contributed by atoms with Crippen LogP contribution in [0.1, 0.15) is 25.7 Å². The highest BCUT2D eigenvalue weighted by Gasteiger charge is 2.08. The first kappa shape index (κ1) is 9.57. The van der Waals surface area contributed by atoms with E-state index in [-0.39, 0.29) is 11.9 Å². The summed E-state index contributed by atoms with van der Waals surface area (Å²) in [6.45, 7) is 3.13. The van der Waals surface area contributed by atoms with Gasteiger partial charge in [-0.1, -0.05) is 0 Å². The van der Waals surface area contributed by atoms with Crippen LogP contribution in [0.2, 0.25) is 0 Å². The number of nitrogens with zero attached hydrogens (tertiary/aromatic N) is 2. The van der Waals surface area contributed by atoms with Crippen molar-refractivity contribution in [2.45, 2.75) is 19.9 Å². The van der Waals surface area contributed by atoms with Crippen LogP contribution in [-0.2, 0) is 4.79 Å². The van der Waals surface area contributed by atoms with Gasteiger partial charge >= 0.3 is 0 Å². The van der Waals surface area contributed by atoms with Gasteiger partial charge in [0.2, 0.25) is 5.91 Å². The van der Waals surface area contributed by atoms with Crippen molar-refractivity contribution in [3.63, 3.8) is 0 Å². The highest BCUT2D eigenvalue weighted by Crippen LogP contribution is 2.04. The third kappa shape index (κ3) is 2.77. The zero-order chi connectivity index (χ0) is 9.84. The van der Waals surface area contributed by atoms with Crippen LogP contribution in [0.3, 0.4) is 0 Å². The van der Waals surface area contributed by atoms with Gasteiger partial charge in [-0.3, -0.25) is 4.79 Å². The van der Waals surface area contributed by atoms with E-state index < -0.39 is 5.82 Å². The molecule has 0 aliphatic heterocycles. The molecule has 1 heterocycles. The van der Waals surface area contributed by atoms with E-state index in [2.05, 4.69) is 15.3 Å². The van der Waals surface area contributed by atoms with E-state index in [0.29, 0.717) is 5.82 Å². The van der Waals surface area contributed by atoms with Crippen LogP contribution in [0.15, 0.2) is 12.4 Å². The first-order valence-corrected chi connectivity index (χ1v) is 3.84. The molecular weight excluding hydrogens is 173 g/mol. The summed E-state index contributed by atoms with van der Waals surface area (Å²) in [5, 5.41) is 2.59. The van der Waals surface area contributed by atoms with Crippen molar-refractivity contribution in [1.82, 2.24) is 15.3 Å². The minimum atomic E-state index is -0.487. The zero-order valence-corrected chi connectivity index (χ0v) is 7.41. The molecule has 1 unspecified atom stereocenters. The molecule has 0 aromatic carbocycles. The predicted octanol–water partition coefficient (Wildman–Crippen LogP) is 0.813. The number of aromatic nitrogens is 2. The Hall–Kier alpha value is -1.52. The quantitative estimate of drug-likeness (QED) is 0.738. The van der Waals surface area contributed by atoms with Crippen molar-refractivity contribution in [1.29, 1.82) is 0 Å². The number of carbonyl (C=O) groups is 1. The van der Waals surface area contributed by atoms with Crippen LogP contribution in [0, 0.1) is 5.82 Å². The predicted molar refractivity (Wildman–Crippen MR) is 44.2 cm³/mol. The minimum absolute atomic E-state index is 0.166. The molecule has 1 amide bonds. The Morgan fingerprint density at radius 2 is 2.08 bits per heavy atom. The lowest BCUT2D eigenvalue weighted by molar-refractivity contribution is -0.119. The van der Waals surface area contributed by atoms with E-state index in [1.165, 1.54) is 6.92 Å². The monoisotopic (exact) mass is 183 g/mol. The molecule has 1 aromatic rings. The van der Waals surface area contributed by atoms with Crippen molar-refractivity contribution in [3.8, 4) is 0 Å². The second-order valence-corrected chi connectivity index (χ2v) is 2.68. The molecule has 0 bridgehead atoms. The number of hydrogen-bond donors (Lipinski definition) is 1. The van der Waals surface area contributed by atoms with Crippen LogP contribution in [-0.4, -0.2) is 15.9 Å². The van der Waals surface area contributed by atoms with Crippen LogP contribution in [0.25, 0.3) is 0 Å². The summed E-state index contributed by atoms with van der Waals surface area (Å²) in [6.07, 6.45) is 2.14. The maximum atomic E-state index is 12.4. The lowest BCUT2D eigenvalue weighted by atomic mass is 10.3. The molecule has 0 spiro atoms. The van der Waals surface area contributed by atoms with E-state index in [1.807, 2.05) is 0 Å². The average Bonchev–Trinajstić information content (AvgIpc) is 2.04. The Morgan fingerprint density at radius 1 is 1.54 bits per heavy atom. The van der Waals surface area contributed by atoms with E-state index in [1.54, 1.807) is 6.92 Å². The second-order valence-electron chi connectivity index (χ2n) is 2.68. The van der Waals surface area contributed by atoms with Gasteiger partial charge in [0.25, 0.3) is 0 Å². The molecular formula is C8H10FN3O. The maximum absolute atomic E-state index is 12.4. The highest BCUT2D eigenvalue weighted by molar-refractivity contribution is 5.73. The number of hydrogen-bond acceptors (Lipinski definition) is 3. The van der Waals surface area contributed by atoms with Crippen LogP contribution < -0.4 is 5.32 Å². The summed E-state index contributed by atoms with van der Waals surface area (Å²) in [5.41, 5.74) is 0. The summed E-state index contributed by atoms with van der Waals surface area (Å²) in [4.78, 5) is 18.1. The highest BCUT2D eigenvalue weighted by atomic mass is 19.1. The lowest BCUT2D eigenvalue weighted by Gasteiger charge is -2.09. The first-order chi connectivity index (χ1) is 6.09. The molecule has 0 saturated carbocycles. The molecule has 0 aliphatic rings. The zero-order valence-electron chi connectivity index (χ0n) is 7.41. The number of nitrogens with one attached hydrogen (secondary N) is 1. The number of carbonyl (C=O) groups excluding carboxylic acids is 1. The molecule has 0 saturated heterocycles. The molecule has 0 radical (unpaired) electrons. The Morgan fingerprint density at radius 3 is 2.54 bits per heavy atom. The summed E-state index contributed by atoms with van der Waals surface area (Å²) in [5.74, 6) is -0.254. The van der Waals surface area contributed by atoms with Gasteiger partial charge in [-0.25, -0.2) is 14.4 Å². The van der Waals surface area contributed by atoms with Gasteiger partial charge in [0.05, 0.1) is 18.4 Å². The third-order valence-electron chi connectivity index (χ3n) is 1.45.